The lowest BCUT2D eigenvalue weighted by Crippen LogP contribution is -2.43. The highest BCUT2D eigenvalue weighted by molar-refractivity contribution is 7.16. The molecule has 5 rings (SSSR count). The third-order valence-corrected chi connectivity index (χ3v) is 7.12. The van der Waals surface area contributed by atoms with Gasteiger partial charge in [0.15, 0.2) is 5.13 Å². The number of amides is 2. The quantitative estimate of drug-likeness (QED) is 0.399. The van der Waals surface area contributed by atoms with Crippen molar-refractivity contribution in [1.82, 2.24) is 20.2 Å². The lowest BCUT2D eigenvalue weighted by molar-refractivity contribution is -0.138. The van der Waals surface area contributed by atoms with Gasteiger partial charge in [0.1, 0.15) is 5.82 Å². The molecule has 3 N–H and O–H groups in total. The van der Waals surface area contributed by atoms with Gasteiger partial charge in [-0.05, 0) is 48.6 Å². The number of pyridine rings is 1. The van der Waals surface area contributed by atoms with Gasteiger partial charge in [0.05, 0.1) is 16.6 Å². The van der Waals surface area contributed by atoms with Gasteiger partial charge in [0, 0.05) is 56.0 Å². The van der Waals surface area contributed by atoms with Crippen LogP contribution in [0.2, 0.25) is 0 Å². The first-order chi connectivity index (χ1) is 18.7. The van der Waals surface area contributed by atoms with E-state index in [0.717, 1.165) is 32.0 Å². The van der Waals surface area contributed by atoms with Crippen molar-refractivity contribution in [2.24, 2.45) is 5.92 Å². The van der Waals surface area contributed by atoms with Gasteiger partial charge < -0.3 is 16.0 Å². The van der Waals surface area contributed by atoms with Gasteiger partial charge in [-0.3, -0.25) is 14.5 Å². The summed E-state index contributed by atoms with van der Waals surface area (Å²) in [7, 11) is 0. The summed E-state index contributed by atoms with van der Waals surface area (Å²) in [6.45, 7) is 2.93. The second-order valence-corrected chi connectivity index (χ2v) is 10.4. The highest BCUT2D eigenvalue weighted by atomic mass is 32.1. The van der Waals surface area contributed by atoms with Crippen LogP contribution in [0.25, 0.3) is 0 Å². The largest absolute Gasteiger partial charge is 0.416 e. The van der Waals surface area contributed by atoms with E-state index in [-0.39, 0.29) is 35.3 Å². The Labute approximate surface area is 227 Å². The molecule has 1 aliphatic carbocycles. The third kappa shape index (κ3) is 7.20. The Bertz CT molecular complexity index is 1440. The number of anilines is 2. The van der Waals surface area contributed by atoms with Crippen LogP contribution in [0.3, 0.4) is 0 Å². The van der Waals surface area contributed by atoms with E-state index in [1.807, 2.05) is 4.90 Å². The van der Waals surface area contributed by atoms with E-state index >= 15 is 0 Å². The van der Waals surface area contributed by atoms with Crippen LogP contribution in [0.15, 0.2) is 42.7 Å². The predicted octanol–water partition coefficient (Wildman–Crippen LogP) is 3.96. The summed E-state index contributed by atoms with van der Waals surface area (Å²) in [5.41, 5.74) is -0.261. The molecule has 1 aromatic carbocycles. The summed E-state index contributed by atoms with van der Waals surface area (Å²) < 4.78 is 41.5. The Morgan fingerprint density at radius 3 is 2.62 bits per heavy atom. The van der Waals surface area contributed by atoms with Crippen LogP contribution in [0.5, 0.6) is 0 Å². The number of piperazine rings is 1. The Morgan fingerprint density at radius 2 is 1.87 bits per heavy atom. The number of aromatic nitrogens is 2. The van der Waals surface area contributed by atoms with Gasteiger partial charge in [-0.25, -0.2) is 9.97 Å². The fraction of sp³-hybridized carbons (Fsp3) is 0.333. The van der Waals surface area contributed by atoms with Crippen molar-refractivity contribution in [3.05, 3.63) is 69.9 Å². The number of hydrogen-bond donors (Lipinski definition) is 3. The number of benzene rings is 1. The van der Waals surface area contributed by atoms with Gasteiger partial charge >= 0.3 is 6.18 Å². The van der Waals surface area contributed by atoms with Crippen molar-refractivity contribution in [3.8, 4) is 11.8 Å². The maximum atomic E-state index is 13.8. The van der Waals surface area contributed by atoms with Crippen LogP contribution in [-0.2, 0) is 17.5 Å². The lowest BCUT2D eigenvalue weighted by Gasteiger charge is -2.28. The Balaban J connectivity index is 1.26. The topological polar surface area (TPSA) is 99.2 Å². The van der Waals surface area contributed by atoms with E-state index in [2.05, 4.69) is 37.8 Å². The molecule has 0 spiro atoms. The van der Waals surface area contributed by atoms with E-state index in [9.17, 15) is 22.8 Å². The SMILES string of the molecule is O=C(Nc1cc(C#Cc2cnc(NC(=O)C3CC3)s2)ccn1)c1ccc(CN2CCNCC2)c(C(F)(F)F)c1. The maximum Gasteiger partial charge on any atom is 0.416 e. The second-order valence-electron chi connectivity index (χ2n) is 9.32. The second kappa shape index (κ2) is 11.5. The van der Waals surface area contributed by atoms with E-state index in [1.165, 1.54) is 35.7 Å². The average Bonchev–Trinajstić information content (AvgIpc) is 3.68. The van der Waals surface area contributed by atoms with Crippen LogP contribution in [-0.4, -0.2) is 52.9 Å². The summed E-state index contributed by atoms with van der Waals surface area (Å²) in [5.74, 6) is 5.40. The molecule has 3 aromatic rings. The smallest absolute Gasteiger partial charge is 0.314 e. The van der Waals surface area contributed by atoms with Gasteiger partial charge in [0.2, 0.25) is 5.91 Å². The highest BCUT2D eigenvalue weighted by Crippen LogP contribution is 2.34. The molecule has 3 heterocycles. The highest BCUT2D eigenvalue weighted by Gasteiger charge is 2.34. The molecule has 2 fully saturated rings. The number of nitrogens with one attached hydrogen (secondary N) is 3. The van der Waals surface area contributed by atoms with Crippen molar-refractivity contribution >= 4 is 34.1 Å². The van der Waals surface area contributed by atoms with Crippen LogP contribution < -0.4 is 16.0 Å². The molecule has 2 aromatic heterocycles. The van der Waals surface area contributed by atoms with E-state index < -0.39 is 17.6 Å². The van der Waals surface area contributed by atoms with Crippen LogP contribution in [0, 0.1) is 17.8 Å². The first kappa shape index (κ1) is 26.8. The van der Waals surface area contributed by atoms with E-state index in [0.29, 0.717) is 28.7 Å². The van der Waals surface area contributed by atoms with Crippen molar-refractivity contribution in [3.63, 3.8) is 0 Å². The number of carbonyl (C=O) groups is 2. The number of carbonyl (C=O) groups excluding carboxylic acids is 2. The van der Waals surface area contributed by atoms with Gasteiger partial charge in [-0.2, -0.15) is 13.2 Å². The monoisotopic (exact) mass is 554 g/mol. The summed E-state index contributed by atoms with van der Waals surface area (Å²) in [5, 5.41) is 8.99. The number of alkyl halides is 3. The first-order valence-electron chi connectivity index (χ1n) is 12.4. The number of halogens is 3. The zero-order valence-corrected chi connectivity index (χ0v) is 21.6. The molecular formula is C27H25F3N6O2S. The van der Waals surface area contributed by atoms with Crippen molar-refractivity contribution in [1.29, 1.82) is 0 Å². The molecule has 39 heavy (non-hydrogen) atoms. The summed E-state index contributed by atoms with van der Waals surface area (Å²) in [6.07, 6.45) is 0.219. The predicted molar refractivity (Wildman–Crippen MR) is 141 cm³/mol. The van der Waals surface area contributed by atoms with Crippen LogP contribution >= 0.6 is 11.3 Å². The van der Waals surface area contributed by atoms with Crippen molar-refractivity contribution in [2.75, 3.05) is 36.8 Å². The molecule has 8 nitrogen and oxygen atoms in total. The number of hydrogen-bond acceptors (Lipinski definition) is 7. The minimum Gasteiger partial charge on any atom is -0.314 e. The summed E-state index contributed by atoms with van der Waals surface area (Å²) in [4.78, 5) is 35.5. The minimum absolute atomic E-state index is 0.0325. The molecule has 0 unspecified atom stereocenters. The standard InChI is InChI=1S/C27H25F3N6O2S/c28-27(29,30)22-14-19(4-5-20(22)16-36-11-9-31-10-12-36)25(38)34-23-13-17(7-8-32-23)1-6-21-15-33-26(39-21)35-24(37)18-2-3-18/h4-5,7-8,13-15,18,31H,2-3,9-12,16H2,(H,32,34,38)(H,33,35,37). The number of nitrogens with zero attached hydrogens (tertiary/aromatic N) is 3. The number of rotatable bonds is 6. The first-order valence-corrected chi connectivity index (χ1v) is 13.3. The third-order valence-electron chi connectivity index (χ3n) is 6.30. The zero-order valence-electron chi connectivity index (χ0n) is 20.8. The van der Waals surface area contributed by atoms with Crippen LogP contribution in [0.4, 0.5) is 24.1 Å². The normalized spacial score (nSPS) is 15.8. The lowest BCUT2D eigenvalue weighted by atomic mass is 10.0. The summed E-state index contributed by atoms with van der Waals surface area (Å²) in [6, 6.07) is 6.83. The van der Waals surface area contributed by atoms with E-state index in [1.54, 1.807) is 12.3 Å². The average molecular weight is 555 g/mol. The molecule has 2 amide bonds. The number of thiazole rings is 1. The van der Waals surface area contributed by atoms with Crippen molar-refractivity contribution in [2.45, 2.75) is 25.6 Å². The molecule has 0 radical (unpaired) electrons. The molecule has 202 valence electrons. The molecular weight excluding hydrogens is 529 g/mol. The molecule has 0 bridgehead atoms. The molecule has 2 aliphatic rings. The Hall–Kier alpha value is -3.79. The molecule has 1 aliphatic heterocycles. The van der Waals surface area contributed by atoms with Gasteiger partial charge in [-0.15, -0.1) is 0 Å². The molecule has 0 atom stereocenters. The fourth-order valence-corrected chi connectivity index (χ4v) is 4.74. The van der Waals surface area contributed by atoms with Gasteiger partial charge in [0.25, 0.3) is 5.91 Å². The molecule has 1 saturated heterocycles. The van der Waals surface area contributed by atoms with Gasteiger partial charge in [-0.1, -0.05) is 23.3 Å². The maximum absolute atomic E-state index is 13.8. The van der Waals surface area contributed by atoms with Crippen molar-refractivity contribution < 1.29 is 22.8 Å². The fourth-order valence-electron chi connectivity index (χ4n) is 4.07. The van der Waals surface area contributed by atoms with Crippen LogP contribution in [0.1, 0.15) is 44.8 Å². The Kier molecular flexibility index (Phi) is 7.92. The minimum atomic E-state index is -4.59. The Morgan fingerprint density at radius 1 is 1.08 bits per heavy atom. The van der Waals surface area contributed by atoms with E-state index in [4.69, 9.17) is 0 Å². The zero-order chi connectivity index (χ0) is 27.4. The molecule has 1 saturated carbocycles. The summed E-state index contributed by atoms with van der Waals surface area (Å²) >= 11 is 1.25. The molecule has 12 heteroatoms.